The van der Waals surface area contributed by atoms with Crippen LogP contribution in [0.3, 0.4) is 0 Å². The van der Waals surface area contributed by atoms with E-state index >= 15 is 0 Å². The average Bonchev–Trinajstić information content (AvgIpc) is 3.14. The molecule has 4 rings (SSSR count). The van der Waals surface area contributed by atoms with Crippen molar-refractivity contribution in [3.05, 3.63) is 0 Å². The Morgan fingerprint density at radius 3 is 2.02 bits per heavy atom. The fourth-order valence-electron chi connectivity index (χ4n) is 6.90. The first kappa shape index (κ1) is 44.9. The van der Waals surface area contributed by atoms with Gasteiger partial charge in [-0.1, -0.05) is 6.92 Å². The van der Waals surface area contributed by atoms with Crippen LogP contribution in [0.2, 0.25) is 0 Å². The fraction of sp³-hybridized carbons (Fsp3) is 0.935. The molecule has 54 heavy (non-hydrogen) atoms. The number of aliphatic hydroxyl groups is 12. The van der Waals surface area contributed by atoms with Crippen LogP contribution in [0.5, 0.6) is 0 Å². The lowest BCUT2D eigenvalue weighted by atomic mass is 9.87. The molecule has 0 aromatic carbocycles. The van der Waals surface area contributed by atoms with Gasteiger partial charge in [0.05, 0.1) is 51.2 Å². The Balaban J connectivity index is 1.52. The van der Waals surface area contributed by atoms with Crippen molar-refractivity contribution in [3.8, 4) is 0 Å². The number of amides is 1. The van der Waals surface area contributed by atoms with E-state index in [1.54, 1.807) is 0 Å². The Morgan fingerprint density at radius 2 is 1.43 bits per heavy atom. The predicted molar refractivity (Wildman–Crippen MR) is 169 cm³/mol. The highest BCUT2D eigenvalue weighted by Gasteiger charge is 2.55. The van der Waals surface area contributed by atoms with Crippen molar-refractivity contribution >= 4 is 12.4 Å². The second kappa shape index (κ2) is 19.1. The van der Waals surface area contributed by atoms with Crippen molar-refractivity contribution in [1.82, 2.24) is 5.32 Å². The summed E-state index contributed by atoms with van der Waals surface area (Å²) in [6.07, 6.45) is -29.8. The number of ether oxygens (including phenoxy) is 8. The number of nitrogens with one attached hydrogen (secondary N) is 1. The van der Waals surface area contributed by atoms with Gasteiger partial charge < -0.3 is 104 Å². The number of carbonyl (C=O) groups is 2. The minimum atomic E-state index is -2.46. The highest BCUT2D eigenvalue weighted by atomic mass is 16.9. The molecule has 0 radical (unpaired) electrons. The Kier molecular flexibility index (Phi) is 15.9. The van der Waals surface area contributed by atoms with Crippen molar-refractivity contribution in [2.75, 3.05) is 26.4 Å². The topological polar surface area (TPSA) is 363 Å². The van der Waals surface area contributed by atoms with Crippen LogP contribution in [-0.2, 0) is 47.5 Å². The van der Waals surface area contributed by atoms with Gasteiger partial charge in [0.1, 0.15) is 85.4 Å². The molecule has 0 bridgehead atoms. The largest absolute Gasteiger partial charge is 0.410 e. The zero-order valence-electron chi connectivity index (χ0n) is 29.6. The van der Waals surface area contributed by atoms with E-state index < -0.39 is 167 Å². The third-order valence-electron chi connectivity index (χ3n) is 10.1. The summed E-state index contributed by atoms with van der Waals surface area (Å²) in [6.45, 7) is 0.690. The van der Waals surface area contributed by atoms with Crippen LogP contribution < -0.4 is 5.32 Å². The molecule has 0 saturated carbocycles. The van der Waals surface area contributed by atoms with Crippen molar-refractivity contribution in [1.29, 1.82) is 0 Å². The lowest BCUT2D eigenvalue weighted by Crippen LogP contribution is -2.69. The molecule has 0 spiro atoms. The zero-order valence-corrected chi connectivity index (χ0v) is 29.6. The second-order valence-electron chi connectivity index (χ2n) is 13.9. The molecular weight excluding hydrogens is 738 g/mol. The molecule has 0 aromatic rings. The van der Waals surface area contributed by atoms with Gasteiger partial charge >= 0.3 is 5.97 Å². The van der Waals surface area contributed by atoms with Gasteiger partial charge in [0, 0.05) is 12.8 Å². The Hall–Kier alpha value is -1.82. The van der Waals surface area contributed by atoms with Gasteiger partial charge in [-0.2, -0.15) is 0 Å². The monoisotopic (exact) mass is 791 g/mol. The first-order valence-electron chi connectivity index (χ1n) is 17.4. The minimum absolute atomic E-state index is 0.101. The molecule has 0 aromatic heterocycles. The summed E-state index contributed by atoms with van der Waals surface area (Å²) >= 11 is 0. The van der Waals surface area contributed by atoms with Gasteiger partial charge in [-0.15, -0.1) is 0 Å². The standard InChI is InChI=1S/C31H53NO22/c1-10-13(38)4-31(48-9-36,54-26(10)19(40)14(39)5-33)47-8-17-21(42)23(44)25(46)30(51-17)53-28-16(7-35)50-29(18(22(28)43)32-12(3)37)52-27-11(2)49-15(6-34)20(41)24(27)45/h9-11,13-30,33-35,38-46H,4-8H2,1-3H3,(H,32,37)/t10-,11-,13-,14?,15?,16+,17?,18?,19-,20-,21+,22?,23+,24+,25?,26?,27?,28-,29+,30+,31+/m1/s1. The van der Waals surface area contributed by atoms with Crippen molar-refractivity contribution in [3.63, 3.8) is 0 Å². The van der Waals surface area contributed by atoms with Gasteiger partial charge in [-0.05, 0) is 6.92 Å². The van der Waals surface area contributed by atoms with E-state index in [1.165, 1.54) is 13.8 Å². The highest BCUT2D eigenvalue weighted by molar-refractivity contribution is 5.73. The van der Waals surface area contributed by atoms with Crippen molar-refractivity contribution in [2.24, 2.45) is 5.92 Å². The van der Waals surface area contributed by atoms with Crippen LogP contribution in [0.15, 0.2) is 0 Å². The van der Waals surface area contributed by atoms with E-state index in [-0.39, 0.29) is 6.47 Å². The average molecular weight is 792 g/mol. The van der Waals surface area contributed by atoms with Crippen LogP contribution in [0.1, 0.15) is 27.2 Å². The Bertz CT molecular complexity index is 1210. The molecule has 4 aliphatic heterocycles. The third kappa shape index (κ3) is 9.64. The second-order valence-corrected chi connectivity index (χ2v) is 13.9. The molecule has 23 heteroatoms. The molecular formula is C31H53NO22. The minimum Gasteiger partial charge on any atom is -0.410 e. The summed E-state index contributed by atoms with van der Waals surface area (Å²) in [5.74, 6) is -4.05. The number of hydrogen-bond donors (Lipinski definition) is 13. The van der Waals surface area contributed by atoms with Gasteiger partial charge in [0.2, 0.25) is 5.91 Å². The van der Waals surface area contributed by atoms with E-state index in [0.717, 1.165) is 6.92 Å². The van der Waals surface area contributed by atoms with Gasteiger partial charge in [-0.3, -0.25) is 9.59 Å². The molecule has 0 aliphatic carbocycles. The van der Waals surface area contributed by atoms with Gasteiger partial charge in [0.15, 0.2) is 12.6 Å². The number of hydrogen-bond acceptors (Lipinski definition) is 22. The van der Waals surface area contributed by atoms with Crippen molar-refractivity contribution < 1.29 is 109 Å². The molecule has 1 amide bonds. The molecule has 4 aliphatic rings. The molecule has 314 valence electrons. The first-order chi connectivity index (χ1) is 25.4. The zero-order chi connectivity index (χ0) is 40.2. The summed E-state index contributed by atoms with van der Waals surface area (Å²) in [6, 6.07) is -1.51. The quantitative estimate of drug-likeness (QED) is 0.0541. The predicted octanol–water partition coefficient (Wildman–Crippen LogP) is -8.01. The summed E-state index contributed by atoms with van der Waals surface area (Å²) in [4.78, 5) is 23.7. The Morgan fingerprint density at radius 1 is 0.815 bits per heavy atom. The first-order valence-corrected chi connectivity index (χ1v) is 17.4. The van der Waals surface area contributed by atoms with Crippen LogP contribution >= 0.6 is 0 Å². The maximum absolute atomic E-state index is 12.2. The molecule has 4 heterocycles. The molecule has 4 saturated heterocycles. The van der Waals surface area contributed by atoms with Crippen LogP contribution in [0.4, 0.5) is 0 Å². The van der Waals surface area contributed by atoms with Gasteiger partial charge in [-0.25, -0.2) is 0 Å². The van der Waals surface area contributed by atoms with E-state index in [2.05, 4.69) is 5.32 Å². The normalized spacial score (nSPS) is 47.0. The Labute approximate surface area is 308 Å². The molecule has 13 N–H and O–H groups in total. The molecule has 8 unspecified atom stereocenters. The van der Waals surface area contributed by atoms with Crippen LogP contribution in [0, 0.1) is 5.92 Å². The third-order valence-corrected chi connectivity index (χ3v) is 10.1. The highest BCUT2D eigenvalue weighted by Crippen LogP contribution is 2.38. The van der Waals surface area contributed by atoms with Gasteiger partial charge in [0.25, 0.3) is 6.47 Å². The maximum Gasteiger partial charge on any atom is 0.332 e. The molecule has 21 atom stereocenters. The summed E-state index contributed by atoms with van der Waals surface area (Å²) in [5, 5.41) is 128. The van der Waals surface area contributed by atoms with E-state index in [1.807, 2.05) is 0 Å². The van der Waals surface area contributed by atoms with E-state index in [0.29, 0.717) is 0 Å². The van der Waals surface area contributed by atoms with Crippen LogP contribution in [-0.4, -0.2) is 222 Å². The summed E-state index contributed by atoms with van der Waals surface area (Å²) in [7, 11) is 0. The molecule has 23 nitrogen and oxygen atoms in total. The fourth-order valence-corrected chi connectivity index (χ4v) is 6.90. The lowest BCUT2D eigenvalue weighted by molar-refractivity contribution is -0.424. The number of aliphatic hydroxyl groups excluding tert-OH is 12. The van der Waals surface area contributed by atoms with E-state index in [4.69, 9.17) is 37.9 Å². The lowest BCUT2D eigenvalue weighted by Gasteiger charge is -2.49. The summed E-state index contributed by atoms with van der Waals surface area (Å²) < 4.78 is 45.0. The SMILES string of the molecule is CC(=O)NC1C(O)[C@H](O[C@@H]2OC(CO[C@]3(OC=O)C[C@@H](O)[C@@H](C)C([C@H](O)C(O)CO)O3)[C@H](O)[C@H](O)C2O)[C@H](CO)O[C@H]1OC1[C@@H](O)[C@H](O)C(CO)O[C@@H]1C. The number of carbonyl (C=O) groups excluding carboxylic acids is 2. The molecule has 4 fully saturated rings. The summed E-state index contributed by atoms with van der Waals surface area (Å²) in [5.41, 5.74) is 0. The maximum atomic E-state index is 12.2. The van der Waals surface area contributed by atoms with Crippen LogP contribution in [0.25, 0.3) is 0 Å². The number of rotatable bonds is 15. The smallest absolute Gasteiger partial charge is 0.332 e. The van der Waals surface area contributed by atoms with E-state index in [9.17, 15) is 70.9 Å². The van der Waals surface area contributed by atoms with Crippen molar-refractivity contribution in [2.45, 2.75) is 149 Å².